The first kappa shape index (κ1) is 15.5. The lowest BCUT2D eigenvalue weighted by molar-refractivity contribution is 0.339. The molecule has 1 rings (SSSR count). The van der Waals surface area contributed by atoms with Gasteiger partial charge in [0, 0.05) is 16.7 Å². The quantitative estimate of drug-likeness (QED) is 0.471. The summed E-state index contributed by atoms with van der Waals surface area (Å²) in [6.07, 6.45) is 2.18. The van der Waals surface area contributed by atoms with Gasteiger partial charge >= 0.3 is 0 Å². The smallest absolute Gasteiger partial charge is 0.123 e. The normalized spacial score (nSPS) is 13.6. The maximum atomic E-state index is 12.8. The minimum atomic E-state index is -0.194. The molecule has 1 aromatic carbocycles. The second-order valence-electron chi connectivity index (χ2n) is 5.73. The zero-order valence-electron chi connectivity index (χ0n) is 11.4. The Bertz CT molecular complexity index is 346. The second kappa shape index (κ2) is 7.12. The number of nitrogens with one attached hydrogen (secondary N) is 1. The van der Waals surface area contributed by atoms with Crippen molar-refractivity contribution in [3.8, 4) is 0 Å². The number of benzene rings is 1. The summed E-state index contributed by atoms with van der Waals surface area (Å²) in [7, 11) is 0. The molecule has 1 aromatic rings. The molecule has 0 spiro atoms. The first-order valence-corrected chi connectivity index (χ1v) is 7.24. The summed E-state index contributed by atoms with van der Waals surface area (Å²) in [4.78, 5) is 1.08. The van der Waals surface area contributed by atoms with Crippen LogP contribution in [-0.2, 0) is 0 Å². The molecule has 0 bridgehead atoms. The fourth-order valence-electron chi connectivity index (χ4n) is 1.55. The topological polar surface area (TPSA) is 38.0 Å². The van der Waals surface area contributed by atoms with Gasteiger partial charge in [-0.05, 0) is 42.5 Å². The molecule has 1 atom stereocenters. The van der Waals surface area contributed by atoms with E-state index in [2.05, 4.69) is 26.2 Å². The number of hydrogen-bond donors (Lipinski definition) is 2. The zero-order chi connectivity index (χ0) is 13.6. The fourth-order valence-corrected chi connectivity index (χ4v) is 2.53. The van der Waals surface area contributed by atoms with Gasteiger partial charge in [0.25, 0.3) is 0 Å². The Morgan fingerprint density at radius 2 is 1.89 bits per heavy atom. The summed E-state index contributed by atoms with van der Waals surface area (Å²) in [6, 6.07) is 6.87. The first-order valence-electron chi connectivity index (χ1n) is 6.25. The van der Waals surface area contributed by atoms with Gasteiger partial charge in [0.15, 0.2) is 0 Å². The van der Waals surface area contributed by atoms with E-state index in [9.17, 15) is 4.39 Å². The first-order chi connectivity index (χ1) is 8.40. The molecule has 102 valence electrons. The van der Waals surface area contributed by atoms with Crippen molar-refractivity contribution in [3.05, 3.63) is 30.1 Å². The van der Waals surface area contributed by atoms with E-state index in [1.165, 1.54) is 12.1 Å². The van der Waals surface area contributed by atoms with Crippen LogP contribution in [-0.4, -0.2) is 11.8 Å². The van der Waals surface area contributed by atoms with Gasteiger partial charge in [-0.3, -0.25) is 11.3 Å². The number of rotatable bonds is 6. The summed E-state index contributed by atoms with van der Waals surface area (Å²) < 4.78 is 12.8. The van der Waals surface area contributed by atoms with E-state index in [1.807, 2.05) is 0 Å². The molecule has 0 aliphatic carbocycles. The largest absolute Gasteiger partial charge is 0.271 e. The van der Waals surface area contributed by atoms with E-state index in [4.69, 9.17) is 5.84 Å². The Balaban J connectivity index is 2.37. The maximum Gasteiger partial charge on any atom is 0.123 e. The van der Waals surface area contributed by atoms with E-state index >= 15 is 0 Å². The molecule has 0 heterocycles. The summed E-state index contributed by atoms with van der Waals surface area (Å²) in [5, 5.41) is 0. The van der Waals surface area contributed by atoms with Crippen LogP contribution in [0.25, 0.3) is 0 Å². The highest BCUT2D eigenvalue weighted by molar-refractivity contribution is 7.99. The Hall–Kier alpha value is -0.580. The molecule has 0 saturated carbocycles. The molecule has 18 heavy (non-hydrogen) atoms. The molecule has 0 saturated heterocycles. The lowest BCUT2D eigenvalue weighted by Crippen LogP contribution is -2.37. The van der Waals surface area contributed by atoms with Gasteiger partial charge in [-0.2, -0.15) is 0 Å². The predicted octanol–water partition coefficient (Wildman–Crippen LogP) is 3.58. The van der Waals surface area contributed by atoms with Crippen LogP contribution in [0.3, 0.4) is 0 Å². The van der Waals surface area contributed by atoms with Crippen molar-refractivity contribution in [2.75, 3.05) is 5.75 Å². The summed E-state index contributed by atoms with van der Waals surface area (Å²) in [5.74, 6) is 6.27. The summed E-state index contributed by atoms with van der Waals surface area (Å²) in [6.45, 7) is 6.69. The molecule has 1 unspecified atom stereocenters. The van der Waals surface area contributed by atoms with Crippen molar-refractivity contribution in [2.45, 2.75) is 44.6 Å². The van der Waals surface area contributed by atoms with Crippen molar-refractivity contribution in [3.63, 3.8) is 0 Å². The molecule has 0 radical (unpaired) electrons. The van der Waals surface area contributed by atoms with Crippen LogP contribution in [0, 0.1) is 11.2 Å². The van der Waals surface area contributed by atoms with E-state index in [0.29, 0.717) is 11.5 Å². The van der Waals surface area contributed by atoms with Gasteiger partial charge in [-0.1, -0.05) is 20.8 Å². The lowest BCUT2D eigenvalue weighted by atomic mass is 9.89. The lowest BCUT2D eigenvalue weighted by Gasteiger charge is -2.22. The van der Waals surface area contributed by atoms with Gasteiger partial charge in [0.1, 0.15) is 5.82 Å². The van der Waals surface area contributed by atoms with Crippen molar-refractivity contribution >= 4 is 11.8 Å². The number of hydrogen-bond acceptors (Lipinski definition) is 3. The molecular weight excluding hydrogens is 247 g/mol. The van der Waals surface area contributed by atoms with E-state index in [0.717, 1.165) is 23.5 Å². The minimum Gasteiger partial charge on any atom is -0.271 e. The fraction of sp³-hybridized carbons (Fsp3) is 0.571. The van der Waals surface area contributed by atoms with Gasteiger partial charge in [0.2, 0.25) is 0 Å². The van der Waals surface area contributed by atoms with Crippen molar-refractivity contribution in [2.24, 2.45) is 11.3 Å². The molecule has 0 fully saturated rings. The Morgan fingerprint density at radius 3 is 2.39 bits per heavy atom. The molecule has 4 heteroatoms. The van der Waals surface area contributed by atoms with Crippen molar-refractivity contribution in [1.29, 1.82) is 0 Å². The van der Waals surface area contributed by atoms with Crippen LogP contribution in [0.2, 0.25) is 0 Å². The minimum absolute atomic E-state index is 0.194. The molecule has 0 aliphatic heterocycles. The number of halogens is 1. The van der Waals surface area contributed by atoms with Crippen LogP contribution in [0.1, 0.15) is 33.6 Å². The van der Waals surface area contributed by atoms with Gasteiger partial charge in [0.05, 0.1) is 0 Å². The number of thioether (sulfide) groups is 1. The van der Waals surface area contributed by atoms with Gasteiger partial charge in [-0.15, -0.1) is 11.8 Å². The average Bonchev–Trinajstić information content (AvgIpc) is 2.30. The predicted molar refractivity (Wildman–Crippen MR) is 76.9 cm³/mol. The molecule has 0 amide bonds. The average molecular weight is 270 g/mol. The summed E-state index contributed by atoms with van der Waals surface area (Å²) in [5.41, 5.74) is 3.19. The third-order valence-corrected chi connectivity index (χ3v) is 3.92. The standard InChI is InChI=1S/C14H23FN2S/c1-14(2,3)9-8-12(17-16)10-18-13-6-4-11(15)5-7-13/h4-7,12,17H,8-10,16H2,1-3H3. The maximum absolute atomic E-state index is 12.8. The van der Waals surface area contributed by atoms with Crippen molar-refractivity contribution < 1.29 is 4.39 Å². The van der Waals surface area contributed by atoms with Gasteiger partial charge in [-0.25, -0.2) is 4.39 Å². The Kier molecular flexibility index (Phi) is 6.12. The van der Waals surface area contributed by atoms with Crippen LogP contribution >= 0.6 is 11.8 Å². The van der Waals surface area contributed by atoms with E-state index < -0.39 is 0 Å². The molecule has 0 aliphatic rings. The number of hydrazine groups is 1. The molecule has 0 aromatic heterocycles. The van der Waals surface area contributed by atoms with Crippen LogP contribution in [0.4, 0.5) is 4.39 Å². The van der Waals surface area contributed by atoms with Crippen LogP contribution < -0.4 is 11.3 Å². The SMILES string of the molecule is CC(C)(C)CCC(CSc1ccc(F)cc1)NN. The highest BCUT2D eigenvalue weighted by Gasteiger charge is 2.14. The molecule has 2 nitrogen and oxygen atoms in total. The third kappa shape index (κ3) is 6.38. The van der Waals surface area contributed by atoms with E-state index in [1.54, 1.807) is 23.9 Å². The van der Waals surface area contributed by atoms with Crippen LogP contribution in [0.15, 0.2) is 29.2 Å². The van der Waals surface area contributed by atoms with Gasteiger partial charge < -0.3 is 0 Å². The summed E-state index contributed by atoms with van der Waals surface area (Å²) >= 11 is 1.70. The third-order valence-electron chi connectivity index (χ3n) is 2.74. The number of nitrogens with two attached hydrogens (primary N) is 1. The second-order valence-corrected chi connectivity index (χ2v) is 6.82. The monoisotopic (exact) mass is 270 g/mol. The highest BCUT2D eigenvalue weighted by Crippen LogP contribution is 2.24. The highest BCUT2D eigenvalue weighted by atomic mass is 32.2. The van der Waals surface area contributed by atoms with Crippen molar-refractivity contribution in [1.82, 2.24) is 5.43 Å². The van der Waals surface area contributed by atoms with E-state index in [-0.39, 0.29) is 5.82 Å². The Morgan fingerprint density at radius 1 is 1.28 bits per heavy atom. The molecule has 3 N–H and O–H groups in total. The zero-order valence-corrected chi connectivity index (χ0v) is 12.2. The van der Waals surface area contributed by atoms with Crippen LogP contribution in [0.5, 0.6) is 0 Å². The molecular formula is C14H23FN2S. The Labute approximate surface area is 113 Å².